The molecule has 5 unspecified atom stereocenters. The van der Waals surface area contributed by atoms with Crippen LogP contribution in [0, 0.1) is 5.92 Å². The second-order valence-corrected chi connectivity index (χ2v) is 10.8. The normalized spacial score (nSPS) is 24.9. The zero-order valence-electron chi connectivity index (χ0n) is 22.0. The largest absolute Gasteiger partial charge is 0.496 e. The molecule has 0 saturated carbocycles. The standard InChI is InChI=1S/C32H38N2O3/c1-21(2)24-14-15-28(37-3)26(18-24)20-33-30-25-16-17-34(27(19-25)32(35)36)31(30)29(22-10-6-4-7-11-22)23-12-8-5-9-13-23/h4-15,18,21,25,27,29-31,33H,16-17,19-20H2,1-3H3,(H,35,36). The van der Waals surface area contributed by atoms with E-state index >= 15 is 0 Å². The number of carbonyl (C=O) groups is 1. The fourth-order valence-electron chi connectivity index (χ4n) is 6.54. The van der Waals surface area contributed by atoms with E-state index in [9.17, 15) is 9.90 Å². The number of hydrogen-bond donors (Lipinski definition) is 2. The molecule has 3 fully saturated rings. The lowest BCUT2D eigenvalue weighted by Gasteiger charge is -2.56. The Labute approximate surface area is 220 Å². The van der Waals surface area contributed by atoms with Gasteiger partial charge in [0.1, 0.15) is 11.8 Å². The van der Waals surface area contributed by atoms with Crippen molar-refractivity contribution in [3.63, 3.8) is 0 Å². The van der Waals surface area contributed by atoms with Gasteiger partial charge >= 0.3 is 5.97 Å². The fourth-order valence-corrected chi connectivity index (χ4v) is 6.54. The Bertz CT molecular complexity index is 1160. The van der Waals surface area contributed by atoms with Gasteiger partial charge in [0.05, 0.1) is 7.11 Å². The molecule has 3 aliphatic heterocycles. The van der Waals surface area contributed by atoms with Crippen LogP contribution in [0.5, 0.6) is 5.75 Å². The Morgan fingerprint density at radius 2 is 1.65 bits per heavy atom. The summed E-state index contributed by atoms with van der Waals surface area (Å²) in [5.41, 5.74) is 4.89. The first-order valence-electron chi connectivity index (χ1n) is 13.5. The van der Waals surface area contributed by atoms with Gasteiger partial charge in [0.15, 0.2) is 0 Å². The smallest absolute Gasteiger partial charge is 0.320 e. The molecule has 5 atom stereocenters. The third kappa shape index (κ3) is 5.16. The van der Waals surface area contributed by atoms with Crippen molar-refractivity contribution in [2.75, 3.05) is 13.7 Å². The molecule has 194 valence electrons. The van der Waals surface area contributed by atoms with Gasteiger partial charge < -0.3 is 15.2 Å². The highest BCUT2D eigenvalue weighted by Gasteiger charge is 2.52. The van der Waals surface area contributed by atoms with E-state index < -0.39 is 12.0 Å². The van der Waals surface area contributed by atoms with E-state index in [1.807, 2.05) is 12.1 Å². The molecule has 3 aromatic rings. The monoisotopic (exact) mass is 498 g/mol. The van der Waals surface area contributed by atoms with Gasteiger partial charge in [0.2, 0.25) is 0 Å². The van der Waals surface area contributed by atoms with Crippen LogP contribution in [-0.2, 0) is 11.3 Å². The first kappa shape index (κ1) is 25.5. The highest BCUT2D eigenvalue weighted by Crippen LogP contribution is 2.44. The molecule has 3 heterocycles. The van der Waals surface area contributed by atoms with E-state index in [0.29, 0.717) is 24.8 Å². The van der Waals surface area contributed by atoms with Gasteiger partial charge in [-0.3, -0.25) is 9.69 Å². The summed E-state index contributed by atoms with van der Waals surface area (Å²) >= 11 is 0. The lowest BCUT2D eigenvalue weighted by molar-refractivity contribution is -0.152. The minimum absolute atomic E-state index is 0.0256. The number of rotatable bonds is 9. The van der Waals surface area contributed by atoms with Crippen LogP contribution < -0.4 is 10.1 Å². The van der Waals surface area contributed by atoms with E-state index in [1.54, 1.807) is 7.11 Å². The Balaban J connectivity index is 1.54. The van der Waals surface area contributed by atoms with Crippen LogP contribution in [0.2, 0.25) is 0 Å². The van der Waals surface area contributed by atoms with Crippen molar-refractivity contribution in [3.8, 4) is 5.75 Å². The van der Waals surface area contributed by atoms with Crippen LogP contribution in [0.25, 0.3) is 0 Å². The number of carboxylic acids is 1. The van der Waals surface area contributed by atoms with E-state index in [4.69, 9.17) is 4.74 Å². The number of carboxylic acid groups (broad SMARTS) is 1. The minimum atomic E-state index is -0.709. The lowest BCUT2D eigenvalue weighted by atomic mass is 9.68. The SMILES string of the molecule is COc1ccc(C(C)C)cc1CNC1C2CCN(C(C(=O)O)C2)C1C(c1ccccc1)c1ccccc1. The zero-order chi connectivity index (χ0) is 25.9. The van der Waals surface area contributed by atoms with Gasteiger partial charge in [0, 0.05) is 30.1 Å². The van der Waals surface area contributed by atoms with Crippen LogP contribution in [-0.4, -0.2) is 47.8 Å². The second-order valence-electron chi connectivity index (χ2n) is 10.8. The number of fused-ring (bicyclic) bond motifs is 3. The molecule has 0 aliphatic carbocycles. The summed E-state index contributed by atoms with van der Waals surface area (Å²) in [7, 11) is 1.73. The summed E-state index contributed by atoms with van der Waals surface area (Å²) < 4.78 is 5.72. The molecular weight excluding hydrogens is 460 g/mol. The zero-order valence-corrected chi connectivity index (χ0v) is 22.0. The summed E-state index contributed by atoms with van der Waals surface area (Å²) in [5, 5.41) is 14.1. The molecule has 0 amide bonds. The van der Waals surface area contributed by atoms with Crippen LogP contribution in [0.4, 0.5) is 0 Å². The fraction of sp³-hybridized carbons (Fsp3) is 0.406. The molecule has 0 radical (unpaired) electrons. The van der Waals surface area contributed by atoms with Crippen molar-refractivity contribution in [2.24, 2.45) is 5.92 Å². The van der Waals surface area contributed by atoms with Gasteiger partial charge in [-0.05, 0) is 54.0 Å². The molecule has 2 bridgehead atoms. The Kier molecular flexibility index (Phi) is 7.63. The number of ether oxygens (including phenoxy) is 1. The Morgan fingerprint density at radius 1 is 1.00 bits per heavy atom. The predicted molar refractivity (Wildman–Crippen MR) is 147 cm³/mol. The molecular formula is C32H38N2O3. The highest BCUT2D eigenvalue weighted by atomic mass is 16.5. The first-order chi connectivity index (χ1) is 18.0. The molecule has 5 heteroatoms. The summed E-state index contributed by atoms with van der Waals surface area (Å²) in [6.45, 7) is 5.91. The average molecular weight is 499 g/mol. The summed E-state index contributed by atoms with van der Waals surface area (Å²) in [6, 6.07) is 27.3. The molecule has 0 spiro atoms. The molecule has 0 aromatic heterocycles. The molecule has 6 rings (SSSR count). The molecule has 3 aromatic carbocycles. The predicted octanol–water partition coefficient (Wildman–Crippen LogP) is 5.66. The summed E-state index contributed by atoms with van der Waals surface area (Å²) in [6.07, 6.45) is 1.69. The number of hydrogen-bond acceptors (Lipinski definition) is 4. The van der Waals surface area contributed by atoms with Crippen LogP contribution in [0.1, 0.15) is 60.8 Å². The van der Waals surface area contributed by atoms with E-state index in [1.165, 1.54) is 16.7 Å². The van der Waals surface area contributed by atoms with E-state index in [-0.39, 0.29) is 18.0 Å². The third-order valence-electron chi connectivity index (χ3n) is 8.39. The van der Waals surface area contributed by atoms with Gasteiger partial charge in [0.25, 0.3) is 0 Å². The second kappa shape index (κ2) is 11.1. The quantitative estimate of drug-likeness (QED) is 0.399. The van der Waals surface area contributed by atoms with Crippen molar-refractivity contribution in [2.45, 2.75) is 63.2 Å². The van der Waals surface area contributed by atoms with Crippen molar-refractivity contribution in [1.82, 2.24) is 10.2 Å². The molecule has 37 heavy (non-hydrogen) atoms. The Hall–Kier alpha value is -3.15. The van der Waals surface area contributed by atoms with Crippen molar-refractivity contribution in [3.05, 3.63) is 101 Å². The molecule has 3 aliphatic rings. The maximum atomic E-state index is 12.4. The highest BCUT2D eigenvalue weighted by molar-refractivity contribution is 5.74. The summed E-state index contributed by atoms with van der Waals surface area (Å²) in [5.74, 6) is 0.977. The van der Waals surface area contributed by atoms with Crippen LogP contribution in [0.15, 0.2) is 78.9 Å². The van der Waals surface area contributed by atoms with Crippen LogP contribution in [0.3, 0.4) is 0 Å². The van der Waals surface area contributed by atoms with Gasteiger partial charge in [-0.25, -0.2) is 0 Å². The first-order valence-corrected chi connectivity index (χ1v) is 13.5. The molecule has 2 N–H and O–H groups in total. The Morgan fingerprint density at radius 3 is 2.22 bits per heavy atom. The minimum Gasteiger partial charge on any atom is -0.496 e. The number of methoxy groups -OCH3 is 1. The van der Waals surface area contributed by atoms with Crippen molar-refractivity contribution >= 4 is 5.97 Å². The maximum Gasteiger partial charge on any atom is 0.320 e. The van der Waals surface area contributed by atoms with Crippen molar-refractivity contribution < 1.29 is 14.6 Å². The van der Waals surface area contributed by atoms with E-state index in [2.05, 4.69) is 90.8 Å². The number of benzene rings is 3. The van der Waals surface area contributed by atoms with Gasteiger partial charge in [-0.2, -0.15) is 0 Å². The van der Waals surface area contributed by atoms with E-state index in [0.717, 1.165) is 24.3 Å². The number of nitrogens with one attached hydrogen (secondary N) is 1. The number of nitrogens with zero attached hydrogens (tertiary/aromatic N) is 1. The molecule has 3 saturated heterocycles. The van der Waals surface area contributed by atoms with Gasteiger partial charge in [-0.15, -0.1) is 0 Å². The summed E-state index contributed by atoms with van der Waals surface area (Å²) in [4.78, 5) is 14.6. The van der Waals surface area contributed by atoms with Gasteiger partial charge in [-0.1, -0.05) is 86.6 Å². The maximum absolute atomic E-state index is 12.4. The molecule has 5 nitrogen and oxygen atoms in total. The lowest BCUT2D eigenvalue weighted by Crippen LogP contribution is -2.69. The van der Waals surface area contributed by atoms with Crippen LogP contribution >= 0.6 is 0 Å². The number of aliphatic carboxylic acids is 1. The topological polar surface area (TPSA) is 61.8 Å². The number of piperidine rings is 3. The average Bonchev–Trinajstić information content (AvgIpc) is 2.93. The third-order valence-corrected chi connectivity index (χ3v) is 8.39. The van der Waals surface area contributed by atoms with Crippen molar-refractivity contribution in [1.29, 1.82) is 0 Å².